The molecule has 4 heterocycles. The Morgan fingerprint density at radius 1 is 0.209 bits per heavy atom. The molecule has 10 aliphatic rings. The summed E-state index contributed by atoms with van der Waals surface area (Å²) in [6.07, 6.45) is 0. The number of hydrogen-bond donors (Lipinski definition) is 2. The maximum absolute atomic E-state index is 10.1. The molecule has 18 aromatic rings. The van der Waals surface area contributed by atoms with Gasteiger partial charge in [-0.15, -0.1) is 0 Å². The van der Waals surface area contributed by atoms with E-state index in [1.807, 2.05) is 18.2 Å². The van der Waals surface area contributed by atoms with Crippen LogP contribution in [0.2, 0.25) is 0 Å². The predicted octanol–water partition coefficient (Wildman–Crippen LogP) is 20.1. The molecule has 0 aromatic heterocycles. The molecule has 6 aliphatic carbocycles. The largest absolute Gasteiger partial charge is 0.489 e. The highest BCUT2D eigenvalue weighted by molar-refractivity contribution is 9.15. The maximum Gasteiger partial charge on any atom is 0.489 e. The molecule has 5 spiro atoms. The SMILES string of the molecule is BrC1=C[Si]2(C=C1Br)c1ccccc1B(c1ccccc1)c1ccccc12.C.C1=C(c2cccc3c2-c2ccccc2C32c3ccccc3-c3ccccc32)C(c2cccc3c2-c2ccccc2C32c3ccccc3-c3ccccc32)=C[Si]12c1ccccc1B(c1ccccc1)c1ccccc12.OB(O)c1cccc2c1-c1ccccc1C21c2ccccc2-c2ccccc21. The molecule has 0 radical (unpaired) electrons. The zero-order chi connectivity index (χ0) is 84.9. The Bertz CT molecular complexity index is 7500. The molecule has 0 atom stereocenters. The van der Waals surface area contributed by atoms with Crippen molar-refractivity contribution in [1.82, 2.24) is 0 Å². The van der Waals surface area contributed by atoms with Gasteiger partial charge in [0.25, 0.3) is 0 Å². The van der Waals surface area contributed by atoms with Crippen molar-refractivity contribution in [3.63, 3.8) is 0 Å². The standard InChI is InChI=1S/C72H45BSi.C25H17BO2.C22H15BBr2Si.CH4/c1-2-22-46(23-3-1)73-65-40-16-18-42-67(65)74(68-43-19-17-41-66(68)73)44-55(51-30-20-38-63-69(51)53-28-8-14-36-61(53)71(63)57-32-10-4-24-47(57)48-25-5-11-33-58(48)71)56(45-74)52-31-21-39-64-70(52)54-29-9-15-37-62(54)72(64)59-34-12-6-26-49(59)50-27-7-13-35-60(50)72;27-26(28)23-15-7-14-22-24(23)18-10-3-6-13-21(18)25(22)19-11-4-1-8-16(19)17-9-2-5-12-20(17)25;24-19-14-26(15-20(19)25)21-12-6-4-10-17(21)23(16-8-2-1-3-9-16)18-11-5-7-13-22(18)26;/h1-45H;1-15,27-28H;1-15H;1H4. The Morgan fingerprint density at radius 2 is 0.426 bits per heavy atom. The summed E-state index contributed by atoms with van der Waals surface area (Å²) in [4.78, 5) is 0. The van der Waals surface area contributed by atoms with Crippen LogP contribution in [0.1, 0.15) is 85.3 Å². The van der Waals surface area contributed by atoms with Gasteiger partial charge in [0.15, 0.2) is 16.1 Å². The minimum absolute atomic E-state index is 0. The lowest BCUT2D eigenvalue weighted by Crippen LogP contribution is -2.77. The highest BCUT2D eigenvalue weighted by Gasteiger charge is 2.58. The van der Waals surface area contributed by atoms with Gasteiger partial charge in [0.1, 0.15) is 0 Å². The van der Waals surface area contributed by atoms with Crippen LogP contribution in [0.4, 0.5) is 0 Å². The Hall–Kier alpha value is -13.6. The van der Waals surface area contributed by atoms with E-state index in [1.165, 1.54) is 202 Å². The quantitative estimate of drug-likeness (QED) is 0.169. The maximum atomic E-state index is 10.1. The van der Waals surface area contributed by atoms with Crippen molar-refractivity contribution in [2.24, 2.45) is 0 Å². The summed E-state index contributed by atoms with van der Waals surface area (Å²) < 4.78 is 2.35. The summed E-state index contributed by atoms with van der Waals surface area (Å²) in [5.74, 6) is 0. The third kappa shape index (κ3) is 10.5. The fraction of sp³-hybridized carbons (Fsp3) is 0.0333. The van der Waals surface area contributed by atoms with E-state index in [-0.39, 0.29) is 14.1 Å². The van der Waals surface area contributed by atoms with E-state index >= 15 is 0 Å². The second kappa shape index (κ2) is 29.5. The second-order valence-electron chi connectivity index (χ2n) is 35.6. The summed E-state index contributed by atoms with van der Waals surface area (Å²) in [5, 5.41) is 26.1. The second-order valence-corrected chi connectivity index (χ2v) is 44.1. The van der Waals surface area contributed by atoms with Crippen LogP contribution in [0.5, 0.6) is 0 Å². The molecule has 2 N–H and O–H groups in total. The van der Waals surface area contributed by atoms with Gasteiger partial charge in [-0.2, -0.15) is 0 Å². The van der Waals surface area contributed by atoms with Crippen molar-refractivity contribution in [2.75, 3.05) is 0 Å². The zero-order valence-electron chi connectivity index (χ0n) is 69.7. The molecule has 604 valence electrons. The average molecular weight is 1800 g/mol. The van der Waals surface area contributed by atoms with E-state index in [4.69, 9.17) is 0 Å². The summed E-state index contributed by atoms with van der Waals surface area (Å²) in [5.41, 5.74) is 54.5. The Labute approximate surface area is 773 Å². The monoisotopic (exact) mass is 1800 g/mol. The lowest BCUT2D eigenvalue weighted by atomic mass is 9.36. The molecule has 129 heavy (non-hydrogen) atoms. The van der Waals surface area contributed by atoms with Crippen LogP contribution in [0.3, 0.4) is 0 Å². The van der Waals surface area contributed by atoms with Crippen molar-refractivity contribution < 1.29 is 10.0 Å². The molecule has 0 amide bonds. The molecule has 9 heteroatoms. The van der Waals surface area contributed by atoms with E-state index in [0.717, 1.165) is 16.7 Å². The van der Waals surface area contributed by atoms with Gasteiger partial charge in [-0.1, -0.05) is 546 Å². The van der Waals surface area contributed by atoms with Gasteiger partial charge in [-0.05, 0) is 161 Å². The first kappa shape index (κ1) is 77.7. The Balaban J connectivity index is 0.000000133. The molecule has 0 saturated heterocycles. The summed E-state index contributed by atoms with van der Waals surface area (Å²) in [7, 11) is -6.50. The lowest BCUT2D eigenvalue weighted by molar-refractivity contribution is 0.426. The summed E-state index contributed by atoms with van der Waals surface area (Å²) >= 11 is 7.52. The first-order valence-corrected chi connectivity index (χ1v) is 50.4. The van der Waals surface area contributed by atoms with Crippen LogP contribution >= 0.6 is 31.9 Å². The van der Waals surface area contributed by atoms with Crippen molar-refractivity contribution in [3.8, 4) is 66.8 Å². The van der Waals surface area contributed by atoms with E-state index in [1.54, 1.807) is 0 Å². The van der Waals surface area contributed by atoms with E-state index in [9.17, 15) is 10.0 Å². The molecule has 4 aliphatic heterocycles. The van der Waals surface area contributed by atoms with E-state index < -0.39 is 39.5 Å². The molecule has 18 aromatic carbocycles. The number of rotatable bonds is 5. The number of halogens is 2. The fourth-order valence-electron chi connectivity index (χ4n) is 25.6. The van der Waals surface area contributed by atoms with E-state index in [0.29, 0.717) is 12.2 Å². The molecular weight excluding hydrogens is 1720 g/mol. The average Bonchev–Trinajstić information content (AvgIpc) is 1.54. The van der Waals surface area contributed by atoms with Crippen molar-refractivity contribution >= 4 is 139 Å². The van der Waals surface area contributed by atoms with Crippen LogP contribution in [-0.2, 0) is 16.2 Å². The third-order valence-corrected chi connectivity index (χ3v) is 41.1. The van der Waals surface area contributed by atoms with Gasteiger partial charge < -0.3 is 10.0 Å². The minimum Gasteiger partial charge on any atom is -0.423 e. The van der Waals surface area contributed by atoms with Crippen molar-refractivity contribution in [1.29, 1.82) is 0 Å². The highest BCUT2D eigenvalue weighted by Crippen LogP contribution is 2.68. The molecule has 2 nitrogen and oxygen atoms in total. The number of benzene rings is 18. The van der Waals surface area contributed by atoms with Gasteiger partial charge in [0.05, 0.1) is 16.2 Å². The lowest BCUT2D eigenvalue weighted by Gasteiger charge is -2.37. The normalized spacial score (nSPS) is 15.7. The molecule has 0 bridgehead atoms. The van der Waals surface area contributed by atoms with Gasteiger partial charge in [0, 0.05) is 8.96 Å². The number of allylic oxidation sites excluding steroid dienone is 4. The summed E-state index contributed by atoms with van der Waals surface area (Å²) in [6.45, 7) is 0.420. The molecule has 28 rings (SSSR count). The van der Waals surface area contributed by atoms with Crippen LogP contribution in [0.25, 0.3) is 77.9 Å². The first-order chi connectivity index (χ1) is 63.2. The first-order valence-electron chi connectivity index (χ1n) is 44.5. The smallest absolute Gasteiger partial charge is 0.423 e. The van der Waals surface area contributed by atoms with Gasteiger partial charge in [-0.3, -0.25) is 0 Å². The van der Waals surface area contributed by atoms with Gasteiger partial charge in [0.2, 0.25) is 13.4 Å². The number of fused-ring (bicyclic) bond motifs is 38. The van der Waals surface area contributed by atoms with Gasteiger partial charge in [-0.25, -0.2) is 0 Å². The topological polar surface area (TPSA) is 40.5 Å². The fourth-order valence-corrected chi connectivity index (χ4v) is 37.3. The van der Waals surface area contributed by atoms with Crippen LogP contribution in [0, 0.1) is 0 Å². The van der Waals surface area contributed by atoms with Gasteiger partial charge >= 0.3 is 7.12 Å². The highest BCUT2D eigenvalue weighted by atomic mass is 79.9. The van der Waals surface area contributed by atoms with Crippen LogP contribution in [-0.4, -0.2) is 46.7 Å². The molecule has 0 unspecified atom stereocenters. The van der Waals surface area contributed by atoms with Crippen molar-refractivity contribution in [3.05, 3.63) is 540 Å². The predicted molar refractivity (Wildman–Crippen MR) is 553 cm³/mol. The molecule has 0 fully saturated rings. The Kier molecular flexibility index (Phi) is 17.8. The van der Waals surface area contributed by atoms with Crippen molar-refractivity contribution in [2.45, 2.75) is 23.7 Å². The Morgan fingerprint density at radius 3 is 0.729 bits per heavy atom. The zero-order valence-corrected chi connectivity index (χ0v) is 74.9. The third-order valence-electron chi connectivity index (χ3n) is 30.1. The summed E-state index contributed by atoms with van der Waals surface area (Å²) in [6, 6.07) is 161. The van der Waals surface area contributed by atoms with Crippen LogP contribution in [0.15, 0.2) is 462 Å². The molecule has 0 saturated carbocycles. The number of hydrogen-bond acceptors (Lipinski definition) is 2. The minimum atomic E-state index is -2.91. The van der Waals surface area contributed by atoms with Crippen LogP contribution < -0.4 is 59.0 Å². The molecular formula is C120H81B3Br2O2Si2. The van der Waals surface area contributed by atoms with E-state index in [2.05, 4.69) is 467 Å².